The van der Waals surface area contributed by atoms with E-state index in [-0.39, 0.29) is 23.7 Å². The average molecular weight is 298 g/mol. The molecule has 4 heterocycles. The van der Waals surface area contributed by atoms with Crippen molar-refractivity contribution < 1.29 is 29.1 Å². The van der Waals surface area contributed by atoms with E-state index in [1.165, 1.54) is 0 Å². The number of hydrogen-bond acceptors (Lipinski definition) is 6. The predicted octanol–water partition coefficient (Wildman–Crippen LogP) is 1.51. The SMILES string of the molecule is C[C@H]1C(=O)O[C@@H]2O[C@@]3(C)CC[C@@H]4[C@@]2(OO3)[C@H]1CC[C@]4(C)O. The monoisotopic (exact) mass is 298 g/mol. The average Bonchev–Trinajstić information content (AvgIpc) is 2.63. The van der Waals surface area contributed by atoms with Crippen LogP contribution in [0.2, 0.25) is 0 Å². The highest BCUT2D eigenvalue weighted by Gasteiger charge is 2.72. The quantitative estimate of drug-likeness (QED) is 0.540. The number of carbonyl (C=O) groups is 1. The largest absolute Gasteiger partial charge is 0.432 e. The lowest BCUT2D eigenvalue weighted by Gasteiger charge is -2.59. The molecule has 0 radical (unpaired) electrons. The Balaban J connectivity index is 1.86. The van der Waals surface area contributed by atoms with E-state index in [1.54, 1.807) is 6.92 Å². The highest BCUT2D eigenvalue weighted by atomic mass is 17.3. The summed E-state index contributed by atoms with van der Waals surface area (Å²) < 4.78 is 11.5. The molecule has 5 aliphatic rings. The van der Waals surface area contributed by atoms with Gasteiger partial charge in [-0.1, -0.05) is 6.92 Å². The zero-order chi connectivity index (χ0) is 15.0. The van der Waals surface area contributed by atoms with Crippen molar-refractivity contribution in [2.75, 3.05) is 0 Å². The van der Waals surface area contributed by atoms with Gasteiger partial charge in [-0.15, -0.1) is 0 Å². The van der Waals surface area contributed by atoms with Gasteiger partial charge in [-0.25, -0.2) is 9.78 Å². The summed E-state index contributed by atoms with van der Waals surface area (Å²) >= 11 is 0. The molecule has 5 fully saturated rings. The van der Waals surface area contributed by atoms with Crippen molar-refractivity contribution in [1.82, 2.24) is 0 Å². The fourth-order valence-corrected chi connectivity index (χ4v) is 4.77. The van der Waals surface area contributed by atoms with Crippen LogP contribution in [0.1, 0.15) is 46.5 Å². The maximum atomic E-state index is 12.1. The fraction of sp³-hybridized carbons (Fsp3) is 0.933. The first kappa shape index (κ1) is 13.9. The van der Waals surface area contributed by atoms with Crippen molar-refractivity contribution in [2.45, 2.75) is 69.7 Å². The summed E-state index contributed by atoms with van der Waals surface area (Å²) in [4.78, 5) is 23.5. The Morgan fingerprint density at radius 2 is 1.95 bits per heavy atom. The molecule has 2 bridgehead atoms. The molecule has 6 heteroatoms. The third kappa shape index (κ3) is 1.64. The molecule has 1 N–H and O–H groups in total. The third-order valence-electron chi connectivity index (χ3n) is 6.01. The maximum absolute atomic E-state index is 12.1. The Kier molecular flexibility index (Phi) is 2.64. The van der Waals surface area contributed by atoms with Gasteiger partial charge in [0, 0.05) is 18.3 Å². The molecule has 1 aliphatic carbocycles. The summed E-state index contributed by atoms with van der Waals surface area (Å²) in [6, 6.07) is 0. The van der Waals surface area contributed by atoms with Gasteiger partial charge in [-0.05, 0) is 33.1 Å². The van der Waals surface area contributed by atoms with E-state index in [1.807, 2.05) is 13.8 Å². The van der Waals surface area contributed by atoms with E-state index >= 15 is 0 Å². The zero-order valence-electron chi connectivity index (χ0n) is 12.6. The molecule has 4 saturated heterocycles. The third-order valence-corrected chi connectivity index (χ3v) is 6.01. The molecular weight excluding hydrogens is 276 g/mol. The zero-order valence-corrected chi connectivity index (χ0v) is 12.6. The highest BCUT2D eigenvalue weighted by Crippen LogP contribution is 2.60. The Morgan fingerprint density at radius 3 is 2.71 bits per heavy atom. The molecule has 0 aromatic rings. The molecule has 1 saturated carbocycles. The lowest BCUT2D eigenvalue weighted by atomic mass is 9.56. The molecule has 0 aromatic carbocycles. The van der Waals surface area contributed by atoms with E-state index in [0.29, 0.717) is 19.3 Å². The number of ether oxygens (including phenoxy) is 2. The summed E-state index contributed by atoms with van der Waals surface area (Å²) in [7, 11) is 0. The van der Waals surface area contributed by atoms with Crippen LogP contribution >= 0.6 is 0 Å². The van der Waals surface area contributed by atoms with Gasteiger partial charge in [-0.2, -0.15) is 0 Å². The fourth-order valence-electron chi connectivity index (χ4n) is 4.77. The minimum absolute atomic E-state index is 0.0587. The van der Waals surface area contributed by atoms with Crippen LogP contribution in [0, 0.1) is 17.8 Å². The van der Waals surface area contributed by atoms with Crippen LogP contribution in [0.15, 0.2) is 0 Å². The van der Waals surface area contributed by atoms with Gasteiger partial charge in [0.05, 0.1) is 11.5 Å². The summed E-state index contributed by atoms with van der Waals surface area (Å²) in [5.74, 6) is -1.69. The van der Waals surface area contributed by atoms with Gasteiger partial charge in [-0.3, -0.25) is 4.79 Å². The molecule has 118 valence electrons. The second kappa shape index (κ2) is 3.98. The van der Waals surface area contributed by atoms with E-state index in [2.05, 4.69) is 0 Å². The minimum Gasteiger partial charge on any atom is -0.432 e. The second-order valence-corrected chi connectivity index (χ2v) is 7.42. The van der Waals surface area contributed by atoms with Crippen molar-refractivity contribution in [2.24, 2.45) is 17.8 Å². The van der Waals surface area contributed by atoms with Crippen LogP contribution in [0.3, 0.4) is 0 Å². The Hall–Kier alpha value is -0.690. The number of aliphatic hydroxyl groups is 1. The number of hydrogen-bond donors (Lipinski definition) is 1. The predicted molar refractivity (Wildman–Crippen MR) is 69.5 cm³/mol. The number of carbonyl (C=O) groups excluding carboxylic acids is 1. The minimum atomic E-state index is -0.922. The first-order valence-electron chi connectivity index (χ1n) is 7.76. The summed E-state index contributed by atoms with van der Waals surface area (Å²) in [5, 5.41) is 10.9. The van der Waals surface area contributed by atoms with E-state index in [4.69, 9.17) is 19.2 Å². The van der Waals surface area contributed by atoms with Gasteiger partial charge in [0.15, 0.2) is 5.60 Å². The van der Waals surface area contributed by atoms with E-state index < -0.39 is 23.3 Å². The molecule has 6 nitrogen and oxygen atoms in total. The normalized spacial score (nSPS) is 59.1. The van der Waals surface area contributed by atoms with Crippen molar-refractivity contribution in [3.8, 4) is 0 Å². The summed E-state index contributed by atoms with van der Waals surface area (Å²) in [6.07, 6.45) is 1.86. The van der Waals surface area contributed by atoms with Crippen molar-refractivity contribution >= 4 is 5.97 Å². The van der Waals surface area contributed by atoms with Crippen molar-refractivity contribution in [3.05, 3.63) is 0 Å². The van der Waals surface area contributed by atoms with Gasteiger partial charge in [0.25, 0.3) is 0 Å². The Labute approximate surface area is 123 Å². The van der Waals surface area contributed by atoms with Crippen LogP contribution < -0.4 is 0 Å². The molecule has 0 aromatic heterocycles. The topological polar surface area (TPSA) is 74.2 Å². The molecular formula is C15H22O6. The molecule has 0 amide bonds. The van der Waals surface area contributed by atoms with Gasteiger partial charge < -0.3 is 14.6 Å². The van der Waals surface area contributed by atoms with Crippen LogP contribution in [0.4, 0.5) is 0 Å². The summed E-state index contributed by atoms with van der Waals surface area (Å²) in [5.41, 5.74) is -1.77. The molecule has 21 heavy (non-hydrogen) atoms. The van der Waals surface area contributed by atoms with Crippen LogP contribution in [-0.4, -0.2) is 34.4 Å². The molecule has 4 aliphatic heterocycles. The molecule has 1 spiro atoms. The Bertz CT molecular complexity index is 491. The number of fused-ring (bicyclic) bond motifs is 2. The Morgan fingerprint density at radius 1 is 1.19 bits per heavy atom. The smallest absolute Gasteiger partial charge is 0.311 e. The van der Waals surface area contributed by atoms with Crippen LogP contribution in [0.5, 0.6) is 0 Å². The van der Waals surface area contributed by atoms with Gasteiger partial charge in [0.2, 0.25) is 12.1 Å². The lowest BCUT2D eigenvalue weighted by Crippen LogP contribution is -2.72. The number of esters is 1. The standard InChI is InChI=1S/C15H22O6/c1-8-9-4-6-13(2,17)10-5-7-14(3)19-12(18-11(8)16)15(9,10)21-20-14/h8-10,12,17H,4-7H2,1-3H3/t8-,9+,10+,12-,13+,14-,15+/m1/s1. The molecule has 7 atom stereocenters. The van der Waals surface area contributed by atoms with Crippen LogP contribution in [0.25, 0.3) is 0 Å². The van der Waals surface area contributed by atoms with E-state index in [0.717, 1.165) is 6.42 Å². The van der Waals surface area contributed by atoms with Crippen molar-refractivity contribution in [3.63, 3.8) is 0 Å². The maximum Gasteiger partial charge on any atom is 0.311 e. The highest BCUT2D eigenvalue weighted by molar-refractivity contribution is 5.74. The molecule has 5 rings (SSSR count). The van der Waals surface area contributed by atoms with Crippen molar-refractivity contribution in [1.29, 1.82) is 0 Å². The lowest BCUT2D eigenvalue weighted by molar-refractivity contribution is -0.561. The van der Waals surface area contributed by atoms with Gasteiger partial charge in [0.1, 0.15) is 0 Å². The molecule has 0 unspecified atom stereocenters. The van der Waals surface area contributed by atoms with E-state index in [9.17, 15) is 9.90 Å². The number of rotatable bonds is 0. The summed E-state index contributed by atoms with van der Waals surface area (Å²) in [6.45, 7) is 5.48. The van der Waals surface area contributed by atoms with Crippen LogP contribution in [-0.2, 0) is 24.0 Å². The second-order valence-electron chi connectivity index (χ2n) is 7.42. The van der Waals surface area contributed by atoms with Gasteiger partial charge >= 0.3 is 5.97 Å². The first-order chi connectivity index (χ1) is 9.79. The first-order valence-corrected chi connectivity index (χ1v) is 7.76.